The van der Waals surface area contributed by atoms with Crippen LogP contribution < -0.4 is 0 Å². The van der Waals surface area contributed by atoms with Gasteiger partial charge in [0.05, 0.1) is 6.33 Å². The Morgan fingerprint density at radius 3 is 3.06 bits per heavy atom. The lowest BCUT2D eigenvalue weighted by atomic mass is 10.1. The second kappa shape index (κ2) is 6.35. The van der Waals surface area contributed by atoms with Gasteiger partial charge in [-0.2, -0.15) is 0 Å². The second-order valence-corrected chi connectivity index (χ2v) is 5.56. The van der Waals surface area contributed by atoms with E-state index in [1.807, 2.05) is 0 Å². The van der Waals surface area contributed by atoms with E-state index in [1.165, 1.54) is 12.8 Å². The van der Waals surface area contributed by atoms with Crippen LogP contribution in [0.5, 0.6) is 0 Å². The molecule has 0 aliphatic carbocycles. The largest absolute Gasteiger partial charge is 0.341 e. The SMILES string of the molecule is CCCC(CBr)CSc1ncnc2nc[nH]c12. The first-order valence-electron chi connectivity index (χ1n) is 5.68. The maximum Gasteiger partial charge on any atom is 0.181 e. The monoisotopic (exact) mass is 314 g/mol. The molecule has 2 aromatic rings. The van der Waals surface area contributed by atoms with Crippen molar-refractivity contribution in [3.63, 3.8) is 0 Å². The Hall–Kier alpha value is -0.620. The van der Waals surface area contributed by atoms with Crippen LogP contribution in [0.15, 0.2) is 17.7 Å². The van der Waals surface area contributed by atoms with Crippen molar-refractivity contribution in [2.75, 3.05) is 11.1 Å². The van der Waals surface area contributed by atoms with Crippen molar-refractivity contribution in [1.82, 2.24) is 19.9 Å². The predicted octanol–water partition coefficient (Wildman–Crippen LogP) is 3.26. The summed E-state index contributed by atoms with van der Waals surface area (Å²) >= 11 is 5.34. The van der Waals surface area contributed by atoms with Crippen LogP contribution in [0.4, 0.5) is 0 Å². The van der Waals surface area contributed by atoms with Crippen LogP contribution in [0.3, 0.4) is 0 Å². The first-order valence-corrected chi connectivity index (χ1v) is 7.78. The van der Waals surface area contributed by atoms with Crippen LogP contribution in [-0.2, 0) is 0 Å². The molecule has 92 valence electrons. The molecule has 0 bridgehead atoms. The molecule has 4 nitrogen and oxygen atoms in total. The van der Waals surface area contributed by atoms with Crippen molar-refractivity contribution in [1.29, 1.82) is 0 Å². The second-order valence-electron chi connectivity index (χ2n) is 3.90. The van der Waals surface area contributed by atoms with Crippen molar-refractivity contribution in [2.24, 2.45) is 5.92 Å². The highest BCUT2D eigenvalue weighted by Crippen LogP contribution is 2.26. The standard InChI is InChI=1S/C11H15BrN4S/c1-2-3-8(4-12)5-17-11-9-10(14-6-13-9)15-7-16-11/h6-8H,2-5H2,1H3,(H,13,14,15,16). The molecular formula is C11H15BrN4S. The summed E-state index contributed by atoms with van der Waals surface area (Å²) in [6, 6.07) is 0. The van der Waals surface area contributed by atoms with Gasteiger partial charge in [-0.25, -0.2) is 15.0 Å². The maximum atomic E-state index is 4.31. The zero-order valence-corrected chi connectivity index (χ0v) is 12.1. The summed E-state index contributed by atoms with van der Waals surface area (Å²) in [5, 5.41) is 2.04. The Kier molecular flexibility index (Phi) is 4.79. The van der Waals surface area contributed by atoms with Gasteiger partial charge in [0.15, 0.2) is 5.65 Å². The molecule has 0 radical (unpaired) electrons. The van der Waals surface area contributed by atoms with Gasteiger partial charge in [0, 0.05) is 11.1 Å². The molecule has 0 amide bonds. The number of rotatable bonds is 6. The fraction of sp³-hybridized carbons (Fsp3) is 0.545. The zero-order chi connectivity index (χ0) is 12.1. The number of halogens is 1. The van der Waals surface area contributed by atoms with Crippen LogP contribution in [0.1, 0.15) is 19.8 Å². The van der Waals surface area contributed by atoms with Crippen molar-refractivity contribution in [3.8, 4) is 0 Å². The molecule has 2 aromatic heterocycles. The molecule has 0 spiro atoms. The van der Waals surface area contributed by atoms with Crippen molar-refractivity contribution < 1.29 is 0 Å². The molecule has 2 rings (SSSR count). The molecule has 0 fully saturated rings. The van der Waals surface area contributed by atoms with Gasteiger partial charge in [0.2, 0.25) is 0 Å². The molecule has 0 saturated carbocycles. The van der Waals surface area contributed by atoms with Crippen LogP contribution in [0.25, 0.3) is 11.2 Å². The van der Waals surface area contributed by atoms with E-state index in [-0.39, 0.29) is 0 Å². The molecule has 0 aliphatic rings. The molecule has 0 aliphatic heterocycles. The highest BCUT2D eigenvalue weighted by atomic mass is 79.9. The molecule has 0 saturated heterocycles. The third-order valence-corrected chi connectivity index (χ3v) is 4.70. The molecule has 6 heteroatoms. The maximum absolute atomic E-state index is 4.31. The molecule has 2 heterocycles. The van der Waals surface area contributed by atoms with Gasteiger partial charge in [-0.1, -0.05) is 29.3 Å². The summed E-state index contributed by atoms with van der Waals surface area (Å²) in [7, 11) is 0. The highest BCUT2D eigenvalue weighted by Gasteiger charge is 2.10. The summed E-state index contributed by atoms with van der Waals surface area (Å²) in [6.07, 6.45) is 5.71. The highest BCUT2D eigenvalue weighted by molar-refractivity contribution is 9.09. The molecule has 17 heavy (non-hydrogen) atoms. The van der Waals surface area contributed by atoms with E-state index >= 15 is 0 Å². The number of H-pyrrole nitrogens is 1. The topological polar surface area (TPSA) is 54.5 Å². The first-order chi connectivity index (χ1) is 8.35. The smallest absolute Gasteiger partial charge is 0.181 e. The van der Waals surface area contributed by atoms with Crippen molar-refractivity contribution in [2.45, 2.75) is 24.8 Å². The van der Waals surface area contributed by atoms with E-state index in [1.54, 1.807) is 24.4 Å². The Labute approximate surface area is 113 Å². The normalized spacial score (nSPS) is 13.1. The Balaban J connectivity index is 2.05. The Bertz CT molecular complexity index is 473. The minimum atomic E-state index is 0.693. The van der Waals surface area contributed by atoms with Gasteiger partial charge in [-0.05, 0) is 12.3 Å². The predicted molar refractivity (Wildman–Crippen MR) is 74.6 cm³/mol. The summed E-state index contributed by atoms with van der Waals surface area (Å²) in [4.78, 5) is 15.6. The van der Waals surface area contributed by atoms with Gasteiger partial charge in [-0.3, -0.25) is 0 Å². The number of thioether (sulfide) groups is 1. The van der Waals surface area contributed by atoms with Crippen molar-refractivity contribution >= 4 is 38.9 Å². The van der Waals surface area contributed by atoms with E-state index in [4.69, 9.17) is 0 Å². The summed E-state index contributed by atoms with van der Waals surface area (Å²) in [6.45, 7) is 2.22. The summed E-state index contributed by atoms with van der Waals surface area (Å²) < 4.78 is 0. The van der Waals surface area contributed by atoms with Gasteiger partial charge in [0.1, 0.15) is 16.9 Å². The van der Waals surface area contributed by atoms with Crippen LogP contribution >= 0.6 is 27.7 Å². The van der Waals surface area contributed by atoms with E-state index < -0.39 is 0 Å². The minimum absolute atomic E-state index is 0.693. The van der Waals surface area contributed by atoms with E-state index in [0.29, 0.717) is 5.92 Å². The van der Waals surface area contributed by atoms with Gasteiger partial charge >= 0.3 is 0 Å². The van der Waals surface area contributed by atoms with Crippen LogP contribution in [-0.4, -0.2) is 31.0 Å². The quantitative estimate of drug-likeness (QED) is 0.505. The minimum Gasteiger partial charge on any atom is -0.341 e. The number of nitrogens with zero attached hydrogens (tertiary/aromatic N) is 3. The van der Waals surface area contributed by atoms with E-state index in [9.17, 15) is 0 Å². The fourth-order valence-corrected chi connectivity index (χ4v) is 3.61. The lowest BCUT2D eigenvalue weighted by Gasteiger charge is -2.11. The summed E-state index contributed by atoms with van der Waals surface area (Å²) in [5.41, 5.74) is 1.69. The lowest BCUT2D eigenvalue weighted by Crippen LogP contribution is -2.05. The van der Waals surface area contributed by atoms with Gasteiger partial charge < -0.3 is 4.98 Å². The number of hydrogen-bond donors (Lipinski definition) is 1. The fourth-order valence-electron chi connectivity index (χ4n) is 1.66. The third-order valence-electron chi connectivity index (χ3n) is 2.56. The number of hydrogen-bond acceptors (Lipinski definition) is 4. The molecular weight excluding hydrogens is 300 g/mol. The number of nitrogens with one attached hydrogen (secondary N) is 1. The number of imidazole rings is 1. The Morgan fingerprint density at radius 2 is 2.29 bits per heavy atom. The number of aromatic amines is 1. The molecule has 1 unspecified atom stereocenters. The zero-order valence-electron chi connectivity index (χ0n) is 9.69. The summed E-state index contributed by atoms with van der Waals surface area (Å²) in [5.74, 6) is 1.77. The molecule has 0 aromatic carbocycles. The number of aromatic nitrogens is 4. The Morgan fingerprint density at radius 1 is 1.41 bits per heavy atom. The van der Waals surface area contributed by atoms with E-state index in [0.717, 1.165) is 27.3 Å². The number of fused-ring (bicyclic) bond motifs is 1. The first kappa shape index (κ1) is 12.8. The van der Waals surface area contributed by atoms with Crippen molar-refractivity contribution in [3.05, 3.63) is 12.7 Å². The average Bonchev–Trinajstić information content (AvgIpc) is 2.83. The van der Waals surface area contributed by atoms with Gasteiger partial charge in [-0.15, -0.1) is 11.8 Å². The molecule has 1 N–H and O–H groups in total. The molecule has 1 atom stereocenters. The third kappa shape index (κ3) is 3.19. The van der Waals surface area contributed by atoms with E-state index in [2.05, 4.69) is 42.8 Å². The number of alkyl halides is 1. The van der Waals surface area contributed by atoms with Crippen LogP contribution in [0.2, 0.25) is 0 Å². The average molecular weight is 315 g/mol. The lowest BCUT2D eigenvalue weighted by molar-refractivity contribution is 0.597. The van der Waals surface area contributed by atoms with Gasteiger partial charge in [0.25, 0.3) is 0 Å². The van der Waals surface area contributed by atoms with Crippen LogP contribution in [0, 0.1) is 5.92 Å².